The van der Waals surface area contributed by atoms with Gasteiger partial charge in [-0.05, 0) is 36.5 Å². The summed E-state index contributed by atoms with van der Waals surface area (Å²) in [4.78, 5) is 0. The van der Waals surface area contributed by atoms with Crippen LogP contribution in [0.15, 0.2) is 18.2 Å². The molecule has 1 aliphatic heterocycles. The van der Waals surface area contributed by atoms with Crippen molar-refractivity contribution in [3.05, 3.63) is 23.8 Å². The quantitative estimate of drug-likeness (QED) is 0.864. The Kier molecular flexibility index (Phi) is 3.26. The van der Waals surface area contributed by atoms with E-state index < -0.39 is 0 Å². The molecule has 1 heterocycles. The highest BCUT2D eigenvalue weighted by Gasteiger charge is 2.30. The average Bonchev–Trinajstić information content (AvgIpc) is 3.11. The number of hydrogen-bond acceptors (Lipinski definition) is 3. The first kappa shape index (κ1) is 11.6. The molecule has 88 valence electrons. The fourth-order valence-corrected chi connectivity index (χ4v) is 1.99. The van der Waals surface area contributed by atoms with Gasteiger partial charge in [0, 0.05) is 6.04 Å². The SMILES string of the molecule is Cl.N[C@@H](c1ccc2c(c1)OCCO2)C1CC1. The molecule has 16 heavy (non-hydrogen) atoms. The predicted molar refractivity (Wildman–Crippen MR) is 64.3 cm³/mol. The Morgan fingerprint density at radius 1 is 1.12 bits per heavy atom. The summed E-state index contributed by atoms with van der Waals surface area (Å²) in [5, 5.41) is 0. The van der Waals surface area contributed by atoms with Crippen molar-refractivity contribution in [2.24, 2.45) is 11.7 Å². The fourth-order valence-electron chi connectivity index (χ4n) is 1.99. The Morgan fingerprint density at radius 3 is 2.50 bits per heavy atom. The van der Waals surface area contributed by atoms with Gasteiger partial charge in [0.05, 0.1) is 0 Å². The lowest BCUT2D eigenvalue weighted by Gasteiger charge is -2.20. The fraction of sp³-hybridized carbons (Fsp3) is 0.500. The number of ether oxygens (including phenoxy) is 2. The molecule has 3 rings (SSSR count). The summed E-state index contributed by atoms with van der Waals surface area (Å²) in [6.07, 6.45) is 2.52. The van der Waals surface area contributed by atoms with Crippen LogP contribution in [0.3, 0.4) is 0 Å². The Bertz CT molecular complexity index is 379. The van der Waals surface area contributed by atoms with Gasteiger partial charge in [0.25, 0.3) is 0 Å². The number of benzene rings is 1. The van der Waals surface area contributed by atoms with Crippen LogP contribution in [-0.4, -0.2) is 13.2 Å². The highest BCUT2D eigenvalue weighted by atomic mass is 35.5. The van der Waals surface area contributed by atoms with Crippen molar-refractivity contribution in [2.45, 2.75) is 18.9 Å². The molecule has 2 N–H and O–H groups in total. The lowest BCUT2D eigenvalue weighted by molar-refractivity contribution is 0.171. The first-order chi connectivity index (χ1) is 7.34. The molecule has 0 unspecified atom stereocenters. The average molecular weight is 242 g/mol. The van der Waals surface area contributed by atoms with E-state index in [1.807, 2.05) is 12.1 Å². The van der Waals surface area contributed by atoms with E-state index in [1.165, 1.54) is 18.4 Å². The number of hydrogen-bond donors (Lipinski definition) is 1. The third kappa shape index (κ3) is 2.11. The normalized spacial score (nSPS) is 19.8. The summed E-state index contributed by atoms with van der Waals surface area (Å²) in [7, 11) is 0. The van der Waals surface area contributed by atoms with Gasteiger partial charge in [-0.3, -0.25) is 0 Å². The van der Waals surface area contributed by atoms with Crippen molar-refractivity contribution >= 4 is 12.4 Å². The van der Waals surface area contributed by atoms with Gasteiger partial charge < -0.3 is 15.2 Å². The summed E-state index contributed by atoms with van der Waals surface area (Å²) in [6.45, 7) is 1.27. The molecule has 0 saturated heterocycles. The van der Waals surface area contributed by atoms with Gasteiger partial charge in [-0.25, -0.2) is 0 Å². The minimum absolute atomic E-state index is 0. The number of rotatable bonds is 2. The van der Waals surface area contributed by atoms with E-state index in [0.29, 0.717) is 19.1 Å². The molecule has 1 aliphatic carbocycles. The number of halogens is 1. The number of fused-ring (bicyclic) bond motifs is 1. The monoisotopic (exact) mass is 241 g/mol. The molecule has 1 atom stereocenters. The summed E-state index contributed by atoms with van der Waals surface area (Å²) >= 11 is 0. The van der Waals surface area contributed by atoms with E-state index in [9.17, 15) is 0 Å². The number of nitrogens with two attached hydrogens (primary N) is 1. The molecular weight excluding hydrogens is 226 g/mol. The zero-order valence-corrected chi connectivity index (χ0v) is 9.83. The predicted octanol–water partition coefficient (Wildman–Crippen LogP) is 2.29. The maximum Gasteiger partial charge on any atom is 0.161 e. The van der Waals surface area contributed by atoms with Crippen LogP contribution in [0.1, 0.15) is 24.4 Å². The molecule has 0 radical (unpaired) electrons. The summed E-state index contributed by atoms with van der Waals surface area (Å²) in [5.41, 5.74) is 7.31. The van der Waals surface area contributed by atoms with Crippen molar-refractivity contribution in [1.82, 2.24) is 0 Å². The second-order valence-corrected chi connectivity index (χ2v) is 4.27. The Morgan fingerprint density at radius 2 is 1.81 bits per heavy atom. The van der Waals surface area contributed by atoms with Gasteiger partial charge in [0.2, 0.25) is 0 Å². The highest BCUT2D eigenvalue weighted by Crippen LogP contribution is 2.41. The van der Waals surface area contributed by atoms with Crippen molar-refractivity contribution in [1.29, 1.82) is 0 Å². The molecule has 1 fully saturated rings. The Labute approximate surface area is 101 Å². The van der Waals surface area contributed by atoms with E-state index in [-0.39, 0.29) is 18.4 Å². The summed E-state index contributed by atoms with van der Waals surface area (Å²) in [6, 6.07) is 6.21. The molecule has 4 heteroatoms. The van der Waals surface area contributed by atoms with Crippen LogP contribution >= 0.6 is 12.4 Å². The van der Waals surface area contributed by atoms with Crippen LogP contribution in [0.4, 0.5) is 0 Å². The second kappa shape index (κ2) is 4.52. The third-order valence-electron chi connectivity index (χ3n) is 3.08. The maximum atomic E-state index is 6.14. The molecule has 1 aromatic carbocycles. The molecule has 3 nitrogen and oxygen atoms in total. The van der Waals surface area contributed by atoms with Crippen molar-refractivity contribution < 1.29 is 9.47 Å². The van der Waals surface area contributed by atoms with Crippen molar-refractivity contribution in [3.8, 4) is 11.5 Å². The zero-order chi connectivity index (χ0) is 10.3. The van der Waals surface area contributed by atoms with Crippen molar-refractivity contribution in [3.63, 3.8) is 0 Å². The lowest BCUT2D eigenvalue weighted by Crippen LogP contribution is -2.17. The molecule has 1 saturated carbocycles. The van der Waals surface area contributed by atoms with Gasteiger partial charge in [0.1, 0.15) is 13.2 Å². The molecule has 0 spiro atoms. The molecule has 0 aromatic heterocycles. The lowest BCUT2D eigenvalue weighted by atomic mass is 10.0. The van der Waals surface area contributed by atoms with E-state index in [1.54, 1.807) is 0 Å². The van der Waals surface area contributed by atoms with Crippen LogP contribution in [0.2, 0.25) is 0 Å². The highest BCUT2D eigenvalue weighted by molar-refractivity contribution is 5.85. The van der Waals surface area contributed by atoms with Gasteiger partial charge in [-0.1, -0.05) is 6.07 Å². The third-order valence-corrected chi connectivity index (χ3v) is 3.08. The van der Waals surface area contributed by atoms with Crippen LogP contribution in [0.5, 0.6) is 11.5 Å². The van der Waals surface area contributed by atoms with E-state index in [4.69, 9.17) is 15.2 Å². The largest absolute Gasteiger partial charge is 0.486 e. The molecule has 1 aromatic rings. The van der Waals surface area contributed by atoms with Crippen LogP contribution in [0.25, 0.3) is 0 Å². The molecule has 2 aliphatic rings. The topological polar surface area (TPSA) is 44.5 Å². The standard InChI is InChI=1S/C12H15NO2.ClH/c13-12(8-1-2-8)9-3-4-10-11(7-9)15-6-5-14-10;/h3-4,7-8,12H,1-2,5-6,13H2;1H/t12-;/m1./s1. The van der Waals surface area contributed by atoms with Gasteiger partial charge >= 0.3 is 0 Å². The first-order valence-electron chi connectivity index (χ1n) is 5.50. The minimum Gasteiger partial charge on any atom is -0.486 e. The van der Waals surface area contributed by atoms with Crippen molar-refractivity contribution in [2.75, 3.05) is 13.2 Å². The first-order valence-corrected chi connectivity index (χ1v) is 5.50. The summed E-state index contributed by atoms with van der Waals surface area (Å²) in [5.74, 6) is 2.36. The summed E-state index contributed by atoms with van der Waals surface area (Å²) < 4.78 is 11.0. The van der Waals surface area contributed by atoms with Crippen LogP contribution < -0.4 is 15.2 Å². The molecular formula is C12H16ClNO2. The van der Waals surface area contributed by atoms with Crippen LogP contribution in [-0.2, 0) is 0 Å². The molecule has 0 amide bonds. The van der Waals surface area contributed by atoms with E-state index in [2.05, 4.69) is 6.07 Å². The van der Waals surface area contributed by atoms with Gasteiger partial charge in [0.15, 0.2) is 11.5 Å². The Hall–Kier alpha value is -0.930. The van der Waals surface area contributed by atoms with E-state index >= 15 is 0 Å². The zero-order valence-electron chi connectivity index (χ0n) is 9.02. The van der Waals surface area contributed by atoms with Gasteiger partial charge in [-0.2, -0.15) is 0 Å². The molecule has 0 bridgehead atoms. The van der Waals surface area contributed by atoms with Gasteiger partial charge in [-0.15, -0.1) is 12.4 Å². The minimum atomic E-state index is 0. The Balaban J connectivity index is 0.000000963. The van der Waals surface area contributed by atoms with E-state index in [0.717, 1.165) is 11.5 Å². The second-order valence-electron chi connectivity index (χ2n) is 4.27. The maximum absolute atomic E-state index is 6.14. The van der Waals surface area contributed by atoms with Crippen LogP contribution in [0, 0.1) is 5.92 Å². The smallest absolute Gasteiger partial charge is 0.161 e.